The molecule has 1 aliphatic rings. The van der Waals surface area contributed by atoms with Gasteiger partial charge in [-0.15, -0.1) is 0 Å². The highest BCUT2D eigenvalue weighted by Crippen LogP contribution is 2.29. The van der Waals surface area contributed by atoms with Gasteiger partial charge in [-0.05, 0) is 40.3 Å². The SMILES string of the molecule is Ic1ccc(C2CO2)cc1. The van der Waals surface area contributed by atoms with Crippen LogP contribution in [0.1, 0.15) is 11.7 Å². The van der Waals surface area contributed by atoms with Crippen LogP contribution in [0.5, 0.6) is 0 Å². The van der Waals surface area contributed by atoms with Crippen molar-refractivity contribution in [1.29, 1.82) is 0 Å². The molecule has 0 bridgehead atoms. The van der Waals surface area contributed by atoms with Crippen LogP contribution in [0.15, 0.2) is 24.3 Å². The molecular formula is C8H7IO. The lowest BCUT2D eigenvalue weighted by Crippen LogP contribution is -1.78. The topological polar surface area (TPSA) is 12.5 Å². The Hall–Kier alpha value is -0.0900. The van der Waals surface area contributed by atoms with Crippen molar-refractivity contribution >= 4 is 22.6 Å². The normalized spacial score (nSPS) is 22.7. The monoisotopic (exact) mass is 246 g/mol. The molecule has 2 heteroatoms. The zero-order chi connectivity index (χ0) is 6.97. The number of ether oxygens (including phenoxy) is 1. The van der Waals surface area contributed by atoms with Crippen LogP contribution in [-0.2, 0) is 4.74 Å². The number of halogens is 1. The zero-order valence-electron chi connectivity index (χ0n) is 5.38. The Morgan fingerprint density at radius 3 is 2.40 bits per heavy atom. The van der Waals surface area contributed by atoms with Crippen LogP contribution >= 0.6 is 22.6 Å². The fourth-order valence-corrected chi connectivity index (χ4v) is 1.28. The van der Waals surface area contributed by atoms with E-state index < -0.39 is 0 Å². The zero-order valence-corrected chi connectivity index (χ0v) is 7.54. The van der Waals surface area contributed by atoms with Crippen LogP contribution in [-0.4, -0.2) is 6.61 Å². The van der Waals surface area contributed by atoms with Crippen LogP contribution < -0.4 is 0 Å². The summed E-state index contributed by atoms with van der Waals surface area (Å²) in [7, 11) is 0. The predicted octanol–water partition coefficient (Wildman–Crippen LogP) is 2.36. The second-order valence-electron chi connectivity index (χ2n) is 2.37. The quantitative estimate of drug-likeness (QED) is 0.547. The summed E-state index contributed by atoms with van der Waals surface area (Å²) in [4.78, 5) is 0. The summed E-state index contributed by atoms with van der Waals surface area (Å²) in [6.45, 7) is 0.903. The highest BCUT2D eigenvalue weighted by atomic mass is 127. The van der Waals surface area contributed by atoms with E-state index in [1.54, 1.807) is 0 Å². The van der Waals surface area contributed by atoms with E-state index in [9.17, 15) is 0 Å². The average Bonchev–Trinajstić information content (AvgIpc) is 2.71. The van der Waals surface area contributed by atoms with Gasteiger partial charge in [0.15, 0.2) is 0 Å². The van der Waals surface area contributed by atoms with Gasteiger partial charge in [-0.2, -0.15) is 0 Å². The highest BCUT2D eigenvalue weighted by molar-refractivity contribution is 14.1. The third kappa shape index (κ3) is 1.32. The first-order valence-electron chi connectivity index (χ1n) is 3.23. The molecule has 1 aromatic carbocycles. The van der Waals surface area contributed by atoms with Gasteiger partial charge < -0.3 is 4.74 Å². The van der Waals surface area contributed by atoms with E-state index in [1.807, 2.05) is 0 Å². The highest BCUT2D eigenvalue weighted by Gasteiger charge is 2.23. The van der Waals surface area contributed by atoms with Crippen molar-refractivity contribution in [2.45, 2.75) is 6.10 Å². The molecule has 0 aromatic heterocycles. The fourth-order valence-electron chi connectivity index (χ4n) is 0.918. The van der Waals surface area contributed by atoms with Gasteiger partial charge in [0.2, 0.25) is 0 Å². The van der Waals surface area contributed by atoms with Gasteiger partial charge in [-0.3, -0.25) is 0 Å². The molecule has 0 radical (unpaired) electrons. The van der Waals surface area contributed by atoms with Crippen LogP contribution in [0, 0.1) is 3.57 Å². The van der Waals surface area contributed by atoms with E-state index >= 15 is 0 Å². The van der Waals surface area contributed by atoms with E-state index in [2.05, 4.69) is 46.9 Å². The minimum atomic E-state index is 0.400. The number of epoxide rings is 1. The Kier molecular flexibility index (Phi) is 1.66. The lowest BCUT2D eigenvalue weighted by atomic mass is 10.2. The third-order valence-corrected chi connectivity index (χ3v) is 2.29. The summed E-state index contributed by atoms with van der Waals surface area (Å²) in [5.41, 5.74) is 1.31. The van der Waals surface area contributed by atoms with Crippen LogP contribution in [0.4, 0.5) is 0 Å². The van der Waals surface area contributed by atoms with Crippen molar-refractivity contribution in [2.75, 3.05) is 6.61 Å². The Balaban J connectivity index is 2.28. The molecule has 0 N–H and O–H groups in total. The largest absolute Gasteiger partial charge is 0.368 e. The van der Waals surface area contributed by atoms with Gasteiger partial charge in [-0.1, -0.05) is 12.1 Å². The summed E-state index contributed by atoms with van der Waals surface area (Å²) in [5.74, 6) is 0. The first-order chi connectivity index (χ1) is 4.86. The summed E-state index contributed by atoms with van der Waals surface area (Å²) >= 11 is 2.30. The van der Waals surface area contributed by atoms with Gasteiger partial charge in [-0.25, -0.2) is 0 Å². The molecule has 1 heterocycles. The van der Waals surface area contributed by atoms with E-state index in [-0.39, 0.29) is 0 Å². The molecule has 1 aliphatic heterocycles. The Morgan fingerprint density at radius 1 is 1.30 bits per heavy atom. The maximum absolute atomic E-state index is 5.13. The second kappa shape index (κ2) is 2.51. The van der Waals surface area contributed by atoms with Crippen molar-refractivity contribution in [2.24, 2.45) is 0 Å². The lowest BCUT2D eigenvalue weighted by molar-refractivity contribution is 0.415. The molecule has 0 aliphatic carbocycles. The van der Waals surface area contributed by atoms with Gasteiger partial charge >= 0.3 is 0 Å². The molecule has 52 valence electrons. The Morgan fingerprint density at radius 2 is 1.90 bits per heavy atom. The second-order valence-corrected chi connectivity index (χ2v) is 3.62. The number of rotatable bonds is 1. The predicted molar refractivity (Wildman–Crippen MR) is 47.9 cm³/mol. The van der Waals surface area contributed by atoms with Crippen molar-refractivity contribution in [3.05, 3.63) is 33.4 Å². The van der Waals surface area contributed by atoms with E-state index in [0.29, 0.717) is 6.10 Å². The number of hydrogen-bond acceptors (Lipinski definition) is 1. The summed E-state index contributed by atoms with van der Waals surface area (Å²) in [6.07, 6.45) is 0.400. The van der Waals surface area contributed by atoms with Crippen molar-refractivity contribution in [1.82, 2.24) is 0 Å². The average molecular weight is 246 g/mol. The molecule has 10 heavy (non-hydrogen) atoms. The third-order valence-electron chi connectivity index (χ3n) is 1.58. The molecule has 0 saturated carbocycles. The van der Waals surface area contributed by atoms with Crippen LogP contribution in [0.25, 0.3) is 0 Å². The minimum Gasteiger partial charge on any atom is -0.368 e. The van der Waals surface area contributed by atoms with Crippen molar-refractivity contribution < 1.29 is 4.74 Å². The molecule has 1 atom stereocenters. The molecular weight excluding hydrogens is 239 g/mol. The van der Waals surface area contributed by atoms with Crippen molar-refractivity contribution in [3.8, 4) is 0 Å². The molecule has 0 amide bonds. The van der Waals surface area contributed by atoms with Crippen LogP contribution in [0.3, 0.4) is 0 Å². The first kappa shape index (κ1) is 6.61. The first-order valence-corrected chi connectivity index (χ1v) is 4.31. The standard InChI is InChI=1S/C8H7IO/c9-7-3-1-6(2-4-7)8-5-10-8/h1-4,8H,5H2. The van der Waals surface area contributed by atoms with E-state index in [0.717, 1.165) is 6.61 Å². The maximum atomic E-state index is 5.13. The van der Waals surface area contributed by atoms with Gasteiger partial charge in [0.05, 0.1) is 6.61 Å². The van der Waals surface area contributed by atoms with Gasteiger partial charge in [0, 0.05) is 3.57 Å². The summed E-state index contributed by atoms with van der Waals surface area (Å²) < 4.78 is 6.41. The summed E-state index contributed by atoms with van der Waals surface area (Å²) in [6, 6.07) is 8.47. The van der Waals surface area contributed by atoms with E-state index in [1.165, 1.54) is 9.13 Å². The van der Waals surface area contributed by atoms with Gasteiger partial charge in [0.25, 0.3) is 0 Å². The minimum absolute atomic E-state index is 0.400. The van der Waals surface area contributed by atoms with Crippen molar-refractivity contribution in [3.63, 3.8) is 0 Å². The Labute approximate surface area is 73.5 Å². The number of benzene rings is 1. The fraction of sp³-hybridized carbons (Fsp3) is 0.250. The molecule has 1 nitrogen and oxygen atoms in total. The molecule has 1 aromatic rings. The smallest absolute Gasteiger partial charge is 0.106 e. The molecule has 1 fully saturated rings. The number of hydrogen-bond donors (Lipinski definition) is 0. The Bertz CT molecular complexity index is 226. The maximum Gasteiger partial charge on any atom is 0.106 e. The molecule has 1 unspecified atom stereocenters. The summed E-state index contributed by atoms with van der Waals surface area (Å²) in [5, 5.41) is 0. The van der Waals surface area contributed by atoms with Gasteiger partial charge in [0.1, 0.15) is 6.10 Å². The van der Waals surface area contributed by atoms with E-state index in [4.69, 9.17) is 4.74 Å². The molecule has 1 saturated heterocycles. The molecule has 2 rings (SSSR count). The molecule has 0 spiro atoms. The lowest BCUT2D eigenvalue weighted by Gasteiger charge is -1.93. The van der Waals surface area contributed by atoms with Crippen LogP contribution in [0.2, 0.25) is 0 Å².